The van der Waals surface area contributed by atoms with Gasteiger partial charge in [-0.25, -0.2) is 4.79 Å². The SMILES string of the molecule is CC(C)C1CCCCC1NC1CCCC1NC(=O)OC(C)(C)C. The molecule has 4 unspecified atom stereocenters. The van der Waals surface area contributed by atoms with Crippen LogP contribution in [0.1, 0.15) is 79.6 Å². The molecule has 1 amide bonds. The molecule has 2 aliphatic rings. The van der Waals surface area contributed by atoms with E-state index < -0.39 is 5.60 Å². The zero-order valence-corrected chi connectivity index (χ0v) is 15.7. The van der Waals surface area contributed by atoms with Crippen LogP contribution in [0, 0.1) is 11.8 Å². The van der Waals surface area contributed by atoms with Crippen LogP contribution in [0.2, 0.25) is 0 Å². The van der Waals surface area contributed by atoms with Gasteiger partial charge in [-0.15, -0.1) is 0 Å². The molecule has 0 saturated heterocycles. The van der Waals surface area contributed by atoms with Crippen molar-refractivity contribution >= 4 is 6.09 Å². The number of carbonyl (C=O) groups excluding carboxylic acids is 1. The van der Waals surface area contributed by atoms with E-state index in [1.807, 2.05) is 20.8 Å². The molecule has 0 spiro atoms. The van der Waals surface area contributed by atoms with Gasteiger partial charge < -0.3 is 15.4 Å². The average Bonchev–Trinajstić information content (AvgIpc) is 2.84. The number of hydrogen-bond acceptors (Lipinski definition) is 3. The molecule has 0 heterocycles. The molecule has 2 N–H and O–H groups in total. The van der Waals surface area contributed by atoms with Crippen LogP contribution in [-0.2, 0) is 4.74 Å². The molecule has 134 valence electrons. The van der Waals surface area contributed by atoms with E-state index in [1.165, 1.54) is 32.1 Å². The van der Waals surface area contributed by atoms with Gasteiger partial charge in [-0.1, -0.05) is 26.7 Å². The number of ether oxygens (including phenoxy) is 1. The quantitative estimate of drug-likeness (QED) is 0.813. The molecule has 2 saturated carbocycles. The molecule has 23 heavy (non-hydrogen) atoms. The second-order valence-corrected chi connectivity index (χ2v) is 8.76. The van der Waals surface area contributed by atoms with Crippen molar-refractivity contribution in [2.75, 3.05) is 0 Å². The minimum atomic E-state index is -0.433. The third kappa shape index (κ3) is 5.66. The van der Waals surface area contributed by atoms with Crippen LogP contribution >= 0.6 is 0 Å². The van der Waals surface area contributed by atoms with Crippen LogP contribution in [0.5, 0.6) is 0 Å². The maximum Gasteiger partial charge on any atom is 0.407 e. The largest absolute Gasteiger partial charge is 0.444 e. The first-order chi connectivity index (χ1) is 10.8. The topological polar surface area (TPSA) is 50.4 Å². The van der Waals surface area contributed by atoms with Gasteiger partial charge in [0.05, 0.1) is 0 Å². The van der Waals surface area contributed by atoms with Crippen molar-refractivity contribution in [1.29, 1.82) is 0 Å². The number of carbonyl (C=O) groups is 1. The first kappa shape index (κ1) is 18.6. The highest BCUT2D eigenvalue weighted by Gasteiger charge is 2.35. The fraction of sp³-hybridized carbons (Fsp3) is 0.947. The second kappa shape index (κ2) is 7.87. The van der Waals surface area contributed by atoms with Gasteiger partial charge in [0.1, 0.15) is 5.60 Å². The Bertz CT molecular complexity index is 389. The molecule has 0 aromatic rings. The molecule has 2 rings (SSSR count). The lowest BCUT2D eigenvalue weighted by molar-refractivity contribution is 0.0493. The smallest absolute Gasteiger partial charge is 0.407 e. The van der Waals surface area contributed by atoms with Crippen LogP contribution < -0.4 is 10.6 Å². The van der Waals surface area contributed by atoms with Gasteiger partial charge in [-0.3, -0.25) is 0 Å². The van der Waals surface area contributed by atoms with E-state index in [4.69, 9.17) is 4.74 Å². The van der Waals surface area contributed by atoms with Crippen molar-refractivity contribution < 1.29 is 9.53 Å². The van der Waals surface area contributed by atoms with Crippen LogP contribution in [0.15, 0.2) is 0 Å². The average molecular weight is 325 g/mol. The molecule has 4 heteroatoms. The summed E-state index contributed by atoms with van der Waals surface area (Å²) < 4.78 is 5.42. The van der Waals surface area contributed by atoms with E-state index in [0.717, 1.165) is 24.7 Å². The van der Waals surface area contributed by atoms with Gasteiger partial charge in [0.2, 0.25) is 0 Å². The number of amides is 1. The Labute approximate surface area is 142 Å². The molecule has 4 nitrogen and oxygen atoms in total. The van der Waals surface area contributed by atoms with Crippen LogP contribution in [0.3, 0.4) is 0 Å². The number of hydrogen-bond donors (Lipinski definition) is 2. The zero-order chi connectivity index (χ0) is 17.0. The summed E-state index contributed by atoms with van der Waals surface area (Å²) in [5.74, 6) is 1.50. The fourth-order valence-electron chi connectivity index (χ4n) is 4.23. The monoisotopic (exact) mass is 324 g/mol. The molecular weight excluding hydrogens is 288 g/mol. The van der Waals surface area contributed by atoms with Crippen LogP contribution in [0.25, 0.3) is 0 Å². The first-order valence-electron chi connectivity index (χ1n) is 9.52. The molecule has 2 fully saturated rings. The van der Waals surface area contributed by atoms with E-state index in [-0.39, 0.29) is 12.1 Å². The van der Waals surface area contributed by atoms with Crippen molar-refractivity contribution in [3.8, 4) is 0 Å². The van der Waals surface area contributed by atoms with Crippen molar-refractivity contribution in [1.82, 2.24) is 10.6 Å². The lowest BCUT2D eigenvalue weighted by Crippen LogP contribution is -2.53. The molecular formula is C19H36N2O2. The van der Waals surface area contributed by atoms with E-state index >= 15 is 0 Å². The summed E-state index contributed by atoms with van der Waals surface area (Å²) in [5.41, 5.74) is -0.433. The van der Waals surface area contributed by atoms with Crippen molar-refractivity contribution in [3.05, 3.63) is 0 Å². The molecule has 0 aliphatic heterocycles. The Balaban J connectivity index is 1.89. The van der Waals surface area contributed by atoms with Gasteiger partial charge in [0.25, 0.3) is 0 Å². The van der Waals surface area contributed by atoms with Gasteiger partial charge in [0, 0.05) is 18.1 Å². The van der Waals surface area contributed by atoms with E-state index in [1.54, 1.807) is 0 Å². The Kier molecular flexibility index (Phi) is 6.35. The third-order valence-electron chi connectivity index (χ3n) is 5.32. The lowest BCUT2D eigenvalue weighted by atomic mass is 9.77. The summed E-state index contributed by atoms with van der Waals surface area (Å²) in [6.07, 6.45) is 8.42. The van der Waals surface area contributed by atoms with Crippen molar-refractivity contribution in [3.63, 3.8) is 0 Å². The Morgan fingerprint density at radius 2 is 1.57 bits per heavy atom. The molecule has 4 atom stereocenters. The molecule has 0 aromatic heterocycles. The van der Waals surface area contributed by atoms with Crippen molar-refractivity contribution in [2.24, 2.45) is 11.8 Å². The summed E-state index contributed by atoms with van der Waals surface area (Å²) in [6.45, 7) is 10.4. The predicted octanol–water partition coefficient (Wildman–Crippen LogP) is 4.24. The predicted molar refractivity (Wildman–Crippen MR) is 94.5 cm³/mol. The molecule has 0 bridgehead atoms. The summed E-state index contributed by atoms with van der Waals surface area (Å²) >= 11 is 0. The van der Waals surface area contributed by atoms with Gasteiger partial charge >= 0.3 is 6.09 Å². The Morgan fingerprint density at radius 3 is 2.22 bits per heavy atom. The molecule has 0 radical (unpaired) electrons. The molecule has 0 aromatic carbocycles. The first-order valence-corrected chi connectivity index (χ1v) is 9.52. The molecule has 2 aliphatic carbocycles. The third-order valence-corrected chi connectivity index (χ3v) is 5.32. The van der Waals surface area contributed by atoms with E-state index in [2.05, 4.69) is 24.5 Å². The lowest BCUT2D eigenvalue weighted by Gasteiger charge is -2.38. The summed E-state index contributed by atoms with van der Waals surface area (Å²) in [5, 5.41) is 6.99. The van der Waals surface area contributed by atoms with Crippen LogP contribution in [-0.4, -0.2) is 29.8 Å². The van der Waals surface area contributed by atoms with Gasteiger partial charge in [-0.2, -0.15) is 0 Å². The van der Waals surface area contributed by atoms with Gasteiger partial charge in [-0.05, 0) is 64.7 Å². The minimum Gasteiger partial charge on any atom is -0.444 e. The van der Waals surface area contributed by atoms with E-state index in [9.17, 15) is 4.79 Å². The second-order valence-electron chi connectivity index (χ2n) is 8.76. The number of alkyl carbamates (subject to hydrolysis) is 1. The fourth-order valence-corrected chi connectivity index (χ4v) is 4.23. The van der Waals surface area contributed by atoms with E-state index in [0.29, 0.717) is 12.1 Å². The Morgan fingerprint density at radius 1 is 0.957 bits per heavy atom. The number of rotatable bonds is 4. The maximum absolute atomic E-state index is 12.1. The highest BCUT2D eigenvalue weighted by Crippen LogP contribution is 2.32. The zero-order valence-electron chi connectivity index (χ0n) is 15.7. The standard InChI is InChI=1S/C19H36N2O2/c1-13(2)14-9-6-7-10-15(14)20-16-11-8-12-17(16)21-18(22)23-19(3,4)5/h13-17,20H,6-12H2,1-5H3,(H,21,22). The van der Waals surface area contributed by atoms with Gasteiger partial charge in [0.15, 0.2) is 0 Å². The Hall–Kier alpha value is -0.770. The maximum atomic E-state index is 12.1. The van der Waals surface area contributed by atoms with Crippen molar-refractivity contribution in [2.45, 2.75) is 103 Å². The highest BCUT2D eigenvalue weighted by molar-refractivity contribution is 5.68. The normalized spacial score (nSPS) is 32.1. The summed E-state index contributed by atoms with van der Waals surface area (Å²) in [6, 6.07) is 1.21. The highest BCUT2D eigenvalue weighted by atomic mass is 16.6. The summed E-state index contributed by atoms with van der Waals surface area (Å²) in [7, 11) is 0. The summed E-state index contributed by atoms with van der Waals surface area (Å²) in [4.78, 5) is 12.1. The minimum absolute atomic E-state index is 0.208. The number of nitrogens with one attached hydrogen (secondary N) is 2. The van der Waals surface area contributed by atoms with Crippen LogP contribution in [0.4, 0.5) is 4.79 Å².